The van der Waals surface area contributed by atoms with Crippen molar-refractivity contribution < 1.29 is 9.90 Å². The van der Waals surface area contributed by atoms with Gasteiger partial charge < -0.3 is 5.11 Å². The number of aliphatic carboxylic acids is 1. The minimum absolute atomic E-state index is 0.0613. The van der Waals surface area contributed by atoms with Gasteiger partial charge in [-0.15, -0.1) is 0 Å². The van der Waals surface area contributed by atoms with Gasteiger partial charge in [-0.3, -0.25) is 4.79 Å². The predicted octanol–water partition coefficient (Wildman–Crippen LogP) is 1.90. The van der Waals surface area contributed by atoms with Crippen molar-refractivity contribution >= 4 is 5.97 Å². The molecule has 2 atom stereocenters. The minimum atomic E-state index is -0.604. The summed E-state index contributed by atoms with van der Waals surface area (Å²) in [5, 5.41) is 8.71. The first-order valence-corrected chi connectivity index (χ1v) is 3.94. The van der Waals surface area contributed by atoms with E-state index in [1.54, 1.807) is 0 Å². The van der Waals surface area contributed by atoms with Crippen molar-refractivity contribution in [3.8, 4) is 0 Å². The highest BCUT2D eigenvalue weighted by Crippen LogP contribution is 2.29. The Morgan fingerprint density at radius 3 is 2.40 bits per heavy atom. The quantitative estimate of drug-likeness (QED) is 0.607. The second-order valence-corrected chi connectivity index (χ2v) is 3.21. The van der Waals surface area contributed by atoms with E-state index in [0.717, 1.165) is 19.3 Å². The zero-order valence-corrected chi connectivity index (χ0v) is 6.34. The van der Waals surface area contributed by atoms with Crippen LogP contribution in [0.3, 0.4) is 0 Å². The van der Waals surface area contributed by atoms with Crippen LogP contribution in [0, 0.1) is 11.8 Å². The van der Waals surface area contributed by atoms with E-state index in [9.17, 15) is 4.79 Å². The summed E-state index contributed by atoms with van der Waals surface area (Å²) in [5.41, 5.74) is 0. The molecule has 1 saturated carbocycles. The van der Waals surface area contributed by atoms with Gasteiger partial charge in [-0.25, -0.2) is 0 Å². The van der Waals surface area contributed by atoms with Crippen molar-refractivity contribution in [3.05, 3.63) is 0 Å². The molecule has 0 spiro atoms. The van der Waals surface area contributed by atoms with E-state index in [2.05, 4.69) is 0 Å². The molecular formula is C8H14O2. The van der Waals surface area contributed by atoms with Crippen LogP contribution >= 0.6 is 0 Å². The molecule has 0 aliphatic heterocycles. The molecule has 58 valence electrons. The molecule has 0 amide bonds. The van der Waals surface area contributed by atoms with Crippen LogP contribution in [0.5, 0.6) is 0 Å². The third-order valence-electron chi connectivity index (χ3n) is 2.43. The molecule has 0 unspecified atom stereocenters. The summed E-state index contributed by atoms with van der Waals surface area (Å²) in [6.45, 7) is 2.04. The Bertz CT molecular complexity index is 131. The standard InChI is InChI=1S/C8H14O2/c1-6-4-2-3-5-7(6)8(9)10/h6-7H,2-5H2,1H3,(H,9,10)/t6-,7-/m1/s1. The van der Waals surface area contributed by atoms with Crippen molar-refractivity contribution in [3.63, 3.8) is 0 Å². The molecule has 2 nitrogen and oxygen atoms in total. The summed E-state index contributed by atoms with van der Waals surface area (Å²) >= 11 is 0. The van der Waals surface area contributed by atoms with Gasteiger partial charge in [0.2, 0.25) is 0 Å². The molecule has 1 rings (SSSR count). The van der Waals surface area contributed by atoms with E-state index in [-0.39, 0.29) is 5.92 Å². The van der Waals surface area contributed by atoms with Crippen LogP contribution in [-0.4, -0.2) is 11.1 Å². The van der Waals surface area contributed by atoms with Crippen molar-refractivity contribution in [2.24, 2.45) is 11.8 Å². The van der Waals surface area contributed by atoms with Gasteiger partial charge in [0, 0.05) is 0 Å². The molecule has 1 N–H and O–H groups in total. The fourth-order valence-electron chi connectivity index (χ4n) is 1.68. The highest BCUT2D eigenvalue weighted by atomic mass is 16.4. The van der Waals surface area contributed by atoms with Gasteiger partial charge >= 0.3 is 5.97 Å². The van der Waals surface area contributed by atoms with Gasteiger partial charge in [0.1, 0.15) is 0 Å². The Balaban J connectivity index is 2.47. The Morgan fingerprint density at radius 2 is 2.00 bits per heavy atom. The molecule has 0 aromatic rings. The molecule has 0 aromatic heterocycles. The average Bonchev–Trinajstić information content (AvgIpc) is 1.88. The maximum Gasteiger partial charge on any atom is 0.306 e. The molecule has 0 radical (unpaired) electrons. The number of rotatable bonds is 1. The summed E-state index contributed by atoms with van der Waals surface area (Å²) in [4.78, 5) is 10.6. The summed E-state index contributed by atoms with van der Waals surface area (Å²) in [7, 11) is 0. The van der Waals surface area contributed by atoms with E-state index in [4.69, 9.17) is 5.11 Å². The van der Waals surface area contributed by atoms with Gasteiger partial charge in [-0.2, -0.15) is 0 Å². The molecular weight excluding hydrogens is 128 g/mol. The summed E-state index contributed by atoms with van der Waals surface area (Å²) < 4.78 is 0. The zero-order valence-electron chi connectivity index (χ0n) is 6.34. The molecule has 0 heterocycles. The first-order valence-electron chi connectivity index (χ1n) is 3.94. The Hall–Kier alpha value is -0.530. The third-order valence-corrected chi connectivity index (χ3v) is 2.43. The largest absolute Gasteiger partial charge is 0.481 e. The first-order chi connectivity index (χ1) is 4.72. The number of carboxylic acid groups (broad SMARTS) is 1. The summed E-state index contributed by atoms with van der Waals surface area (Å²) in [5.74, 6) is -0.271. The number of hydrogen-bond acceptors (Lipinski definition) is 1. The summed E-state index contributed by atoms with van der Waals surface area (Å²) in [6.07, 6.45) is 4.29. The van der Waals surface area contributed by atoms with Crippen LogP contribution in [0.15, 0.2) is 0 Å². The normalized spacial score (nSPS) is 33.7. The van der Waals surface area contributed by atoms with Crippen LogP contribution in [0.2, 0.25) is 0 Å². The molecule has 0 aromatic carbocycles. The fraction of sp³-hybridized carbons (Fsp3) is 0.875. The highest BCUT2D eigenvalue weighted by Gasteiger charge is 2.26. The highest BCUT2D eigenvalue weighted by molar-refractivity contribution is 5.70. The van der Waals surface area contributed by atoms with E-state index in [0.29, 0.717) is 5.92 Å². The molecule has 10 heavy (non-hydrogen) atoms. The van der Waals surface area contributed by atoms with E-state index >= 15 is 0 Å². The molecule has 1 fully saturated rings. The zero-order chi connectivity index (χ0) is 7.56. The third kappa shape index (κ3) is 1.49. The van der Waals surface area contributed by atoms with Crippen molar-refractivity contribution in [2.45, 2.75) is 32.6 Å². The van der Waals surface area contributed by atoms with Gasteiger partial charge in [0.15, 0.2) is 0 Å². The lowest BCUT2D eigenvalue weighted by molar-refractivity contribution is -0.144. The molecule has 2 heteroatoms. The van der Waals surface area contributed by atoms with Crippen LogP contribution in [-0.2, 0) is 4.79 Å². The van der Waals surface area contributed by atoms with Crippen LogP contribution < -0.4 is 0 Å². The SMILES string of the molecule is C[C@@H]1CCCC[C@H]1C(=O)O. The lowest BCUT2D eigenvalue weighted by atomic mass is 9.81. The van der Waals surface area contributed by atoms with Crippen LogP contribution in [0.1, 0.15) is 32.6 Å². The Labute approximate surface area is 61.2 Å². The first kappa shape index (κ1) is 7.58. The fourth-order valence-corrected chi connectivity index (χ4v) is 1.68. The molecule has 0 bridgehead atoms. The maximum atomic E-state index is 10.6. The topological polar surface area (TPSA) is 37.3 Å². The average molecular weight is 142 g/mol. The number of hydrogen-bond donors (Lipinski definition) is 1. The second kappa shape index (κ2) is 3.04. The van der Waals surface area contributed by atoms with Crippen molar-refractivity contribution in [2.75, 3.05) is 0 Å². The lowest BCUT2D eigenvalue weighted by Crippen LogP contribution is -2.24. The van der Waals surface area contributed by atoms with E-state index < -0.39 is 5.97 Å². The van der Waals surface area contributed by atoms with Gasteiger partial charge in [-0.05, 0) is 18.8 Å². The van der Waals surface area contributed by atoms with Crippen molar-refractivity contribution in [1.82, 2.24) is 0 Å². The molecule has 1 aliphatic carbocycles. The minimum Gasteiger partial charge on any atom is -0.481 e. The summed E-state index contributed by atoms with van der Waals surface area (Å²) in [6, 6.07) is 0. The lowest BCUT2D eigenvalue weighted by Gasteiger charge is -2.24. The Kier molecular flexibility index (Phi) is 2.30. The monoisotopic (exact) mass is 142 g/mol. The van der Waals surface area contributed by atoms with Gasteiger partial charge in [0.05, 0.1) is 5.92 Å². The Morgan fingerprint density at radius 1 is 1.40 bits per heavy atom. The number of carbonyl (C=O) groups is 1. The van der Waals surface area contributed by atoms with Crippen LogP contribution in [0.25, 0.3) is 0 Å². The predicted molar refractivity (Wildman–Crippen MR) is 38.8 cm³/mol. The number of carboxylic acids is 1. The van der Waals surface area contributed by atoms with Gasteiger partial charge in [0.25, 0.3) is 0 Å². The van der Waals surface area contributed by atoms with Crippen LogP contribution in [0.4, 0.5) is 0 Å². The second-order valence-electron chi connectivity index (χ2n) is 3.21. The molecule has 0 saturated heterocycles. The van der Waals surface area contributed by atoms with Crippen molar-refractivity contribution in [1.29, 1.82) is 0 Å². The maximum absolute atomic E-state index is 10.6. The smallest absolute Gasteiger partial charge is 0.306 e. The molecule has 1 aliphatic rings. The van der Waals surface area contributed by atoms with E-state index in [1.807, 2.05) is 6.92 Å². The van der Waals surface area contributed by atoms with E-state index in [1.165, 1.54) is 6.42 Å². The van der Waals surface area contributed by atoms with Gasteiger partial charge in [-0.1, -0.05) is 19.8 Å².